The molecule has 56 valence electrons. The first-order valence-electron chi connectivity index (χ1n) is 3.58. The van der Waals surface area contributed by atoms with Gasteiger partial charge in [0.1, 0.15) is 5.70 Å². The van der Waals surface area contributed by atoms with Crippen LogP contribution in [0.25, 0.3) is 0 Å². The second-order valence-corrected chi connectivity index (χ2v) is 2.81. The number of hydroxylamine groups is 2. The van der Waals surface area contributed by atoms with Gasteiger partial charge in [-0.2, -0.15) is 0 Å². The van der Waals surface area contributed by atoms with Crippen LogP contribution in [0.5, 0.6) is 0 Å². The van der Waals surface area contributed by atoms with E-state index in [2.05, 4.69) is 13.0 Å². The average Bonchev–Trinajstić information content (AvgIpc) is 1.88. The summed E-state index contributed by atoms with van der Waals surface area (Å²) >= 11 is 0. The lowest BCUT2D eigenvalue weighted by Crippen LogP contribution is -3.01. The summed E-state index contributed by atoms with van der Waals surface area (Å²) in [6.07, 6.45) is 6.89. The first-order chi connectivity index (χ1) is 4.70. The highest BCUT2D eigenvalue weighted by Gasteiger charge is 2.09. The summed E-state index contributed by atoms with van der Waals surface area (Å²) in [5.74, 6) is 0.531. The molecule has 1 rings (SSSR count). The van der Waals surface area contributed by atoms with Crippen molar-refractivity contribution in [1.82, 2.24) is 0 Å². The van der Waals surface area contributed by atoms with Gasteiger partial charge in [0.05, 0.1) is 7.05 Å². The summed E-state index contributed by atoms with van der Waals surface area (Å²) < 4.78 is 0. The highest BCUT2D eigenvalue weighted by molar-refractivity contribution is 5.14. The van der Waals surface area contributed by atoms with Crippen LogP contribution in [0, 0.1) is 11.1 Å². The molecule has 0 saturated carbocycles. The Morgan fingerprint density at radius 3 is 2.80 bits per heavy atom. The number of quaternary nitrogens is 1. The molecule has 0 aromatic heterocycles. The van der Waals surface area contributed by atoms with Gasteiger partial charge in [-0.25, -0.2) is 0 Å². The molecule has 0 aliphatic heterocycles. The van der Waals surface area contributed by atoms with Crippen LogP contribution < -0.4 is 5.06 Å². The molecule has 10 heavy (non-hydrogen) atoms. The van der Waals surface area contributed by atoms with Crippen molar-refractivity contribution in [3.8, 4) is 0 Å². The zero-order valence-electron chi connectivity index (χ0n) is 6.42. The van der Waals surface area contributed by atoms with Crippen LogP contribution in [0.2, 0.25) is 0 Å². The molecule has 0 fully saturated rings. The van der Waals surface area contributed by atoms with E-state index in [0.29, 0.717) is 5.92 Å². The number of rotatable bonds is 1. The molecule has 0 amide bonds. The first kappa shape index (κ1) is 7.51. The van der Waals surface area contributed by atoms with Crippen LogP contribution in [0.1, 0.15) is 13.3 Å². The summed E-state index contributed by atoms with van der Waals surface area (Å²) in [5.41, 5.74) is 0.954. The SMILES string of the molecule is CC1C=CC=C([NH+](C)[O-])C1. The quantitative estimate of drug-likeness (QED) is 0.526. The molecule has 2 nitrogen and oxygen atoms in total. The van der Waals surface area contributed by atoms with E-state index >= 15 is 0 Å². The van der Waals surface area contributed by atoms with Gasteiger partial charge in [-0.05, 0) is 12.0 Å². The van der Waals surface area contributed by atoms with Gasteiger partial charge in [0.15, 0.2) is 0 Å². The van der Waals surface area contributed by atoms with E-state index < -0.39 is 0 Å². The predicted molar refractivity (Wildman–Crippen MR) is 41.3 cm³/mol. The van der Waals surface area contributed by atoms with E-state index in [-0.39, 0.29) is 5.06 Å². The van der Waals surface area contributed by atoms with Crippen LogP contribution in [-0.4, -0.2) is 7.05 Å². The monoisotopic (exact) mass is 139 g/mol. The average molecular weight is 139 g/mol. The summed E-state index contributed by atoms with van der Waals surface area (Å²) in [7, 11) is 1.62. The maximum Gasteiger partial charge on any atom is 0.107 e. The molecule has 1 N–H and O–H groups in total. The highest BCUT2D eigenvalue weighted by atomic mass is 16.5. The van der Waals surface area contributed by atoms with E-state index in [4.69, 9.17) is 0 Å². The molecule has 0 bridgehead atoms. The normalized spacial score (nSPS) is 27.9. The lowest BCUT2D eigenvalue weighted by Gasteiger charge is -2.22. The molecule has 2 atom stereocenters. The molecule has 0 spiro atoms. The zero-order valence-corrected chi connectivity index (χ0v) is 6.42. The maximum atomic E-state index is 10.8. The molecule has 1 aliphatic carbocycles. The van der Waals surface area contributed by atoms with Crippen molar-refractivity contribution in [2.75, 3.05) is 7.05 Å². The lowest BCUT2D eigenvalue weighted by atomic mass is 10.0. The molecule has 0 heterocycles. The Balaban J connectivity index is 2.61. The van der Waals surface area contributed by atoms with Gasteiger partial charge in [0.25, 0.3) is 0 Å². The summed E-state index contributed by atoms with van der Waals surface area (Å²) in [6, 6.07) is 0. The molecule has 2 unspecified atom stereocenters. The Morgan fingerprint density at radius 2 is 2.40 bits per heavy atom. The van der Waals surface area contributed by atoms with E-state index in [0.717, 1.165) is 12.1 Å². The van der Waals surface area contributed by atoms with Crippen molar-refractivity contribution in [3.63, 3.8) is 0 Å². The Labute approximate surface area is 61.4 Å². The van der Waals surface area contributed by atoms with Crippen molar-refractivity contribution in [2.24, 2.45) is 5.92 Å². The van der Waals surface area contributed by atoms with Crippen molar-refractivity contribution < 1.29 is 5.06 Å². The Hall–Kier alpha value is -0.600. The third-order valence-corrected chi connectivity index (χ3v) is 1.73. The van der Waals surface area contributed by atoms with E-state index in [1.165, 1.54) is 0 Å². The van der Waals surface area contributed by atoms with Gasteiger partial charge < -0.3 is 10.3 Å². The van der Waals surface area contributed by atoms with Gasteiger partial charge in [-0.3, -0.25) is 0 Å². The third-order valence-electron chi connectivity index (χ3n) is 1.73. The molecule has 0 aromatic carbocycles. The summed E-state index contributed by atoms with van der Waals surface area (Å²) in [6.45, 7) is 2.12. The number of nitrogens with one attached hydrogen (secondary N) is 1. The van der Waals surface area contributed by atoms with Crippen molar-refractivity contribution >= 4 is 0 Å². The van der Waals surface area contributed by atoms with Crippen LogP contribution in [0.3, 0.4) is 0 Å². The molecule has 2 heteroatoms. The lowest BCUT2D eigenvalue weighted by molar-refractivity contribution is -0.784. The second-order valence-electron chi connectivity index (χ2n) is 2.81. The van der Waals surface area contributed by atoms with Crippen LogP contribution in [-0.2, 0) is 0 Å². The molecule has 0 radical (unpaired) electrons. The molecule has 0 saturated heterocycles. The minimum absolute atomic E-state index is 0.205. The molecular formula is C8H13NO. The topological polar surface area (TPSA) is 27.5 Å². The fraction of sp³-hybridized carbons (Fsp3) is 0.500. The summed E-state index contributed by atoms with van der Waals surface area (Å²) in [4.78, 5) is 0. The number of hydrogen-bond donors (Lipinski definition) is 1. The number of hydrogen-bond acceptors (Lipinski definition) is 1. The van der Waals surface area contributed by atoms with Crippen molar-refractivity contribution in [3.05, 3.63) is 29.1 Å². The van der Waals surface area contributed by atoms with Crippen molar-refractivity contribution in [2.45, 2.75) is 13.3 Å². The van der Waals surface area contributed by atoms with Gasteiger partial charge in [0, 0.05) is 6.42 Å². The van der Waals surface area contributed by atoms with Crippen LogP contribution in [0.15, 0.2) is 23.9 Å². The van der Waals surface area contributed by atoms with Crippen LogP contribution in [0.4, 0.5) is 0 Å². The minimum atomic E-state index is 0.205. The Bertz CT molecular complexity index is 170. The highest BCUT2D eigenvalue weighted by Crippen LogP contribution is 2.12. The van der Waals surface area contributed by atoms with Crippen molar-refractivity contribution in [1.29, 1.82) is 0 Å². The Kier molecular flexibility index (Phi) is 2.25. The fourth-order valence-electron chi connectivity index (χ4n) is 1.11. The second kappa shape index (κ2) is 2.99. The predicted octanol–water partition coefficient (Wildman–Crippen LogP) is 0.479. The van der Waals surface area contributed by atoms with Gasteiger partial charge in [-0.1, -0.05) is 19.1 Å². The third kappa shape index (κ3) is 1.69. The molecule has 1 aliphatic rings. The van der Waals surface area contributed by atoms with E-state index in [1.54, 1.807) is 7.05 Å². The largest absolute Gasteiger partial charge is 0.629 e. The van der Waals surface area contributed by atoms with E-state index in [1.807, 2.05) is 12.2 Å². The number of allylic oxidation sites excluding steroid dienone is 4. The first-order valence-corrected chi connectivity index (χ1v) is 3.58. The van der Waals surface area contributed by atoms with Gasteiger partial charge in [-0.15, -0.1) is 0 Å². The standard InChI is InChI=1S/C8H13NO/c1-7-4-3-5-8(6-7)9(2)10/h3-5,7,9H,6H2,1-2H3. The van der Waals surface area contributed by atoms with Crippen LogP contribution >= 0.6 is 0 Å². The Morgan fingerprint density at radius 1 is 1.70 bits per heavy atom. The molecular weight excluding hydrogens is 126 g/mol. The van der Waals surface area contributed by atoms with Gasteiger partial charge >= 0.3 is 0 Å². The van der Waals surface area contributed by atoms with E-state index in [9.17, 15) is 5.21 Å². The maximum absolute atomic E-state index is 10.8. The zero-order chi connectivity index (χ0) is 7.56. The molecule has 0 aromatic rings. The fourth-order valence-corrected chi connectivity index (χ4v) is 1.11. The smallest absolute Gasteiger partial charge is 0.107 e. The van der Waals surface area contributed by atoms with Gasteiger partial charge in [0.2, 0.25) is 0 Å². The minimum Gasteiger partial charge on any atom is -0.629 e. The summed E-state index contributed by atoms with van der Waals surface area (Å²) in [5, 5.41) is 11.0.